The summed E-state index contributed by atoms with van der Waals surface area (Å²) < 4.78 is 50.3. The van der Waals surface area contributed by atoms with Crippen molar-refractivity contribution in [3.63, 3.8) is 0 Å². The summed E-state index contributed by atoms with van der Waals surface area (Å²) in [7, 11) is 0. The molecule has 5 aliphatic heterocycles. The van der Waals surface area contributed by atoms with Crippen LogP contribution in [0.1, 0.15) is 0 Å². The van der Waals surface area contributed by atoms with Crippen LogP contribution in [-0.2, 0) is 42.6 Å². The number of hydrogen-bond donors (Lipinski definition) is 15. The smallest absolute Gasteiger partial charge is 0.187 e. The average molecular weight is 769 g/mol. The van der Waals surface area contributed by atoms with Crippen molar-refractivity contribution in [1.82, 2.24) is 0 Å². The SMILES string of the molecule is OC[C@H]1O[C@@H](O[C@H]2C(O)O[C@H](CO)[C@@H](O)[C@@H]2O[C@@H]2O[C@H](CO)[C@@H](O)[C@H](O[C@@H]3OC[C@@H](O)[C@H](O)[C@H]3O)[C@H]2O[C@@H]2OC[C@@H](O)[C@H](O)[C@H]2O)[C@H](O)[C@@H](O)[C@H]1O. The lowest BCUT2D eigenvalue weighted by molar-refractivity contribution is -0.408. The van der Waals surface area contributed by atoms with Gasteiger partial charge in [-0.3, -0.25) is 0 Å². The highest BCUT2D eigenvalue weighted by Crippen LogP contribution is 2.36. The molecule has 0 radical (unpaired) electrons. The van der Waals surface area contributed by atoms with E-state index in [-0.39, 0.29) is 0 Å². The van der Waals surface area contributed by atoms with Gasteiger partial charge in [-0.15, -0.1) is 0 Å². The fourth-order valence-corrected chi connectivity index (χ4v) is 6.41. The van der Waals surface area contributed by atoms with Crippen LogP contribution in [0.4, 0.5) is 0 Å². The first kappa shape index (κ1) is 42.2. The van der Waals surface area contributed by atoms with E-state index in [4.69, 9.17) is 42.6 Å². The van der Waals surface area contributed by atoms with Gasteiger partial charge in [0.2, 0.25) is 0 Å². The van der Waals surface area contributed by atoms with Crippen LogP contribution in [0.25, 0.3) is 0 Å². The monoisotopic (exact) mass is 768 g/mol. The Labute approximate surface area is 293 Å². The lowest BCUT2D eigenvalue weighted by Gasteiger charge is -2.50. The van der Waals surface area contributed by atoms with Gasteiger partial charge in [0, 0.05) is 0 Å². The van der Waals surface area contributed by atoms with Gasteiger partial charge >= 0.3 is 0 Å². The molecule has 24 heteroatoms. The zero-order valence-corrected chi connectivity index (χ0v) is 27.2. The lowest BCUT2D eigenvalue weighted by atomic mass is 9.95. The summed E-state index contributed by atoms with van der Waals surface area (Å²) in [5.74, 6) is 0. The molecule has 52 heavy (non-hydrogen) atoms. The first-order chi connectivity index (χ1) is 24.6. The van der Waals surface area contributed by atoms with E-state index in [0.717, 1.165) is 0 Å². The van der Waals surface area contributed by atoms with Gasteiger partial charge < -0.3 is 119 Å². The van der Waals surface area contributed by atoms with Crippen LogP contribution >= 0.6 is 0 Å². The zero-order valence-electron chi connectivity index (χ0n) is 27.2. The summed E-state index contributed by atoms with van der Waals surface area (Å²) in [5, 5.41) is 156. The van der Waals surface area contributed by atoms with E-state index in [1.54, 1.807) is 0 Å². The fraction of sp³-hybridized carbons (Fsp3) is 1.00. The predicted molar refractivity (Wildman–Crippen MR) is 155 cm³/mol. The molecule has 23 atom stereocenters. The predicted octanol–water partition coefficient (Wildman–Crippen LogP) is -10.6. The molecule has 5 rings (SSSR count). The van der Waals surface area contributed by atoms with Crippen LogP contribution in [0.5, 0.6) is 0 Å². The molecule has 304 valence electrons. The average Bonchev–Trinajstić information content (AvgIpc) is 3.13. The molecule has 0 amide bonds. The molecule has 15 N–H and O–H groups in total. The Morgan fingerprint density at radius 1 is 0.365 bits per heavy atom. The second kappa shape index (κ2) is 17.9. The molecular formula is C28H48O24. The number of aliphatic hydroxyl groups is 15. The second-order valence-electron chi connectivity index (χ2n) is 13.1. The van der Waals surface area contributed by atoms with Crippen molar-refractivity contribution in [1.29, 1.82) is 0 Å². The maximum Gasteiger partial charge on any atom is 0.187 e. The maximum atomic E-state index is 11.2. The van der Waals surface area contributed by atoms with Gasteiger partial charge in [0.1, 0.15) is 110 Å². The van der Waals surface area contributed by atoms with Gasteiger partial charge in [-0.25, -0.2) is 0 Å². The van der Waals surface area contributed by atoms with E-state index < -0.39 is 174 Å². The molecule has 0 bridgehead atoms. The fourth-order valence-electron chi connectivity index (χ4n) is 6.41. The zero-order chi connectivity index (χ0) is 38.2. The summed E-state index contributed by atoms with van der Waals surface area (Å²) in [6.45, 7) is -3.88. The lowest BCUT2D eigenvalue weighted by Crippen LogP contribution is -2.68. The molecule has 0 aliphatic carbocycles. The van der Waals surface area contributed by atoms with Crippen LogP contribution in [-0.4, -0.2) is 251 Å². The number of hydrogen-bond acceptors (Lipinski definition) is 24. The summed E-state index contributed by atoms with van der Waals surface area (Å²) >= 11 is 0. The Hall–Kier alpha value is -0.960. The minimum absolute atomic E-state index is 0.558. The summed E-state index contributed by atoms with van der Waals surface area (Å²) in [6, 6.07) is 0. The first-order valence-corrected chi connectivity index (χ1v) is 16.4. The van der Waals surface area contributed by atoms with Crippen molar-refractivity contribution in [3.8, 4) is 0 Å². The molecule has 0 aromatic heterocycles. The van der Waals surface area contributed by atoms with E-state index in [0.29, 0.717) is 0 Å². The Balaban J connectivity index is 1.48. The molecule has 0 aromatic carbocycles. The van der Waals surface area contributed by atoms with Gasteiger partial charge in [-0.2, -0.15) is 0 Å². The largest absolute Gasteiger partial charge is 0.394 e. The Kier molecular flexibility index (Phi) is 14.5. The topological polar surface area (TPSA) is 387 Å². The molecule has 24 nitrogen and oxygen atoms in total. The van der Waals surface area contributed by atoms with Crippen LogP contribution < -0.4 is 0 Å². The molecule has 0 saturated carbocycles. The van der Waals surface area contributed by atoms with Crippen LogP contribution in [0, 0.1) is 0 Å². The molecule has 5 heterocycles. The van der Waals surface area contributed by atoms with Crippen molar-refractivity contribution in [2.45, 2.75) is 141 Å². The molecule has 5 aliphatic rings. The van der Waals surface area contributed by atoms with Crippen LogP contribution in [0.2, 0.25) is 0 Å². The third-order valence-corrected chi connectivity index (χ3v) is 9.54. The van der Waals surface area contributed by atoms with Crippen molar-refractivity contribution in [2.24, 2.45) is 0 Å². The molecule has 0 spiro atoms. The highest BCUT2D eigenvalue weighted by Gasteiger charge is 2.57. The highest BCUT2D eigenvalue weighted by atomic mass is 16.8. The van der Waals surface area contributed by atoms with Crippen LogP contribution in [0.15, 0.2) is 0 Å². The van der Waals surface area contributed by atoms with E-state index in [1.807, 2.05) is 0 Å². The molecule has 1 unspecified atom stereocenters. The number of rotatable bonds is 11. The van der Waals surface area contributed by atoms with E-state index in [2.05, 4.69) is 0 Å². The Morgan fingerprint density at radius 3 is 1.27 bits per heavy atom. The van der Waals surface area contributed by atoms with Crippen molar-refractivity contribution >= 4 is 0 Å². The minimum Gasteiger partial charge on any atom is -0.394 e. The normalized spacial score (nSPS) is 53.5. The minimum atomic E-state index is -2.12. The highest BCUT2D eigenvalue weighted by molar-refractivity contribution is 4.98. The van der Waals surface area contributed by atoms with Gasteiger partial charge in [0.25, 0.3) is 0 Å². The third-order valence-electron chi connectivity index (χ3n) is 9.54. The van der Waals surface area contributed by atoms with Gasteiger partial charge in [-0.1, -0.05) is 0 Å². The van der Waals surface area contributed by atoms with Crippen molar-refractivity contribution < 1.29 is 119 Å². The van der Waals surface area contributed by atoms with E-state index in [1.165, 1.54) is 0 Å². The first-order valence-electron chi connectivity index (χ1n) is 16.4. The number of aliphatic hydroxyl groups excluding tert-OH is 15. The van der Waals surface area contributed by atoms with E-state index >= 15 is 0 Å². The third kappa shape index (κ3) is 8.55. The number of ether oxygens (including phenoxy) is 9. The standard InChI is InChI=1S/C28H48O24/c29-1-8-13(36)16(39)19(42)27(47-8)51-22-20(14(37)9(2-30)46-24(22)43)50-28-23(52-26-18(41)12(35)7(33)5-45-26)21(15(38)10(3-31)48-28)49-25-17(40)11(34)6(32)4-44-25/h6-43H,1-5H2/t6-,7-,8-,9-,10-,11+,12+,13+,14-,15-,16+,17-,18-,19-,20+,21+,22-,23-,24?,25+,26+,27+,28+/m1/s1. The molecule has 5 fully saturated rings. The Bertz CT molecular complexity index is 1110. The van der Waals surface area contributed by atoms with Crippen LogP contribution in [0.3, 0.4) is 0 Å². The van der Waals surface area contributed by atoms with Gasteiger partial charge in [0.15, 0.2) is 31.5 Å². The quantitative estimate of drug-likeness (QED) is 0.0927. The van der Waals surface area contributed by atoms with E-state index in [9.17, 15) is 76.6 Å². The summed E-state index contributed by atoms with van der Waals surface area (Å²) in [5.41, 5.74) is 0. The van der Waals surface area contributed by atoms with Crippen molar-refractivity contribution in [3.05, 3.63) is 0 Å². The van der Waals surface area contributed by atoms with Gasteiger partial charge in [0.05, 0.1) is 33.0 Å². The Morgan fingerprint density at radius 2 is 0.750 bits per heavy atom. The summed E-state index contributed by atoms with van der Waals surface area (Å²) in [6.07, 6.45) is -42.4. The summed E-state index contributed by atoms with van der Waals surface area (Å²) in [4.78, 5) is 0. The maximum absolute atomic E-state index is 11.2. The molecule has 0 aromatic rings. The second-order valence-corrected chi connectivity index (χ2v) is 13.1. The molecule has 5 saturated heterocycles. The van der Waals surface area contributed by atoms with Gasteiger partial charge in [-0.05, 0) is 0 Å². The molecular weight excluding hydrogens is 720 g/mol. The van der Waals surface area contributed by atoms with Crippen molar-refractivity contribution in [2.75, 3.05) is 33.0 Å².